The molecular weight excluding hydrogens is 184 g/mol. The molecule has 2 heterocycles. The van der Waals surface area contributed by atoms with Crippen molar-refractivity contribution in [3.8, 4) is 0 Å². The Morgan fingerprint density at radius 1 is 1.50 bits per heavy atom. The predicted molar refractivity (Wildman–Crippen MR) is 50.6 cm³/mol. The van der Waals surface area contributed by atoms with Crippen molar-refractivity contribution in [1.29, 1.82) is 0 Å². The van der Waals surface area contributed by atoms with Crippen LogP contribution >= 0.6 is 0 Å². The van der Waals surface area contributed by atoms with Crippen LogP contribution in [0.4, 0.5) is 11.9 Å². The van der Waals surface area contributed by atoms with E-state index in [1.165, 1.54) is 0 Å². The summed E-state index contributed by atoms with van der Waals surface area (Å²) in [4.78, 5) is 18.8. The standard InChI is InChI=1S/C7H12N6O/c1-12-2-3-13(4-5(12)14)7-9-6(8)10-11-7/h2-4H2,1H3,(H3,8,9,10,11). The van der Waals surface area contributed by atoms with Gasteiger partial charge in [-0.3, -0.25) is 4.79 Å². The van der Waals surface area contributed by atoms with Crippen LogP contribution in [0.1, 0.15) is 0 Å². The van der Waals surface area contributed by atoms with Crippen LogP contribution in [-0.2, 0) is 4.79 Å². The first kappa shape index (κ1) is 8.79. The number of rotatable bonds is 1. The minimum atomic E-state index is 0.0691. The summed E-state index contributed by atoms with van der Waals surface area (Å²) < 4.78 is 0. The molecule has 7 nitrogen and oxygen atoms in total. The molecule has 7 heteroatoms. The minimum absolute atomic E-state index is 0.0691. The average molecular weight is 196 g/mol. The summed E-state index contributed by atoms with van der Waals surface area (Å²) in [5.41, 5.74) is 5.40. The van der Waals surface area contributed by atoms with Crippen LogP contribution < -0.4 is 10.6 Å². The summed E-state index contributed by atoms with van der Waals surface area (Å²) in [6.45, 7) is 1.74. The lowest BCUT2D eigenvalue weighted by molar-refractivity contribution is -0.129. The van der Waals surface area contributed by atoms with E-state index < -0.39 is 0 Å². The number of hydrogen-bond acceptors (Lipinski definition) is 5. The van der Waals surface area contributed by atoms with Crippen molar-refractivity contribution >= 4 is 17.8 Å². The molecule has 3 N–H and O–H groups in total. The molecule has 1 aromatic heterocycles. The lowest BCUT2D eigenvalue weighted by Crippen LogP contribution is -2.48. The van der Waals surface area contributed by atoms with Gasteiger partial charge in [-0.25, -0.2) is 5.10 Å². The van der Waals surface area contributed by atoms with E-state index in [-0.39, 0.29) is 11.9 Å². The van der Waals surface area contributed by atoms with Gasteiger partial charge in [-0.05, 0) is 0 Å². The van der Waals surface area contributed by atoms with Crippen molar-refractivity contribution in [2.24, 2.45) is 0 Å². The highest BCUT2D eigenvalue weighted by Gasteiger charge is 2.23. The maximum Gasteiger partial charge on any atom is 0.246 e. The average Bonchev–Trinajstić information content (AvgIpc) is 2.57. The molecule has 76 valence electrons. The number of nitrogens with two attached hydrogens (primary N) is 1. The number of nitrogen functional groups attached to an aromatic ring is 1. The zero-order valence-electron chi connectivity index (χ0n) is 7.90. The molecule has 1 aliphatic heterocycles. The Kier molecular flexibility index (Phi) is 1.99. The molecule has 1 amide bonds. The fourth-order valence-electron chi connectivity index (χ4n) is 1.34. The Morgan fingerprint density at radius 2 is 2.29 bits per heavy atom. The number of hydrogen-bond donors (Lipinski definition) is 2. The highest BCUT2D eigenvalue weighted by Crippen LogP contribution is 2.10. The quantitative estimate of drug-likeness (QED) is 0.580. The van der Waals surface area contributed by atoms with Crippen LogP contribution in [0.15, 0.2) is 0 Å². The minimum Gasteiger partial charge on any atom is -0.368 e. The Balaban J connectivity index is 2.10. The lowest BCUT2D eigenvalue weighted by Gasteiger charge is -2.30. The Hall–Kier alpha value is -1.79. The van der Waals surface area contributed by atoms with E-state index in [0.29, 0.717) is 19.0 Å². The van der Waals surface area contributed by atoms with E-state index in [4.69, 9.17) is 5.73 Å². The van der Waals surface area contributed by atoms with E-state index in [9.17, 15) is 4.79 Å². The number of aromatic nitrogens is 3. The van der Waals surface area contributed by atoms with Crippen molar-refractivity contribution in [2.75, 3.05) is 37.3 Å². The molecule has 1 aliphatic rings. The van der Waals surface area contributed by atoms with Crippen LogP contribution in [0.5, 0.6) is 0 Å². The topological polar surface area (TPSA) is 91.1 Å². The van der Waals surface area contributed by atoms with Gasteiger partial charge in [0.05, 0.1) is 0 Å². The van der Waals surface area contributed by atoms with Gasteiger partial charge in [-0.1, -0.05) is 0 Å². The van der Waals surface area contributed by atoms with Crippen molar-refractivity contribution < 1.29 is 4.79 Å². The summed E-state index contributed by atoms with van der Waals surface area (Å²) in [5.74, 6) is 0.829. The molecule has 1 fully saturated rings. The fraction of sp³-hybridized carbons (Fsp3) is 0.571. The summed E-state index contributed by atoms with van der Waals surface area (Å²) >= 11 is 0. The first-order chi connectivity index (χ1) is 6.66. The smallest absolute Gasteiger partial charge is 0.246 e. The van der Waals surface area contributed by atoms with Gasteiger partial charge in [0.1, 0.15) is 6.54 Å². The van der Waals surface area contributed by atoms with Gasteiger partial charge in [0.15, 0.2) is 0 Å². The number of nitrogens with zero attached hydrogens (tertiary/aromatic N) is 4. The van der Waals surface area contributed by atoms with Crippen molar-refractivity contribution in [3.63, 3.8) is 0 Å². The number of aromatic amines is 1. The number of anilines is 2. The highest BCUT2D eigenvalue weighted by molar-refractivity contribution is 5.81. The molecule has 1 aromatic rings. The molecule has 0 spiro atoms. The summed E-state index contributed by atoms with van der Waals surface area (Å²) in [7, 11) is 1.78. The van der Waals surface area contributed by atoms with Crippen LogP contribution in [0.25, 0.3) is 0 Å². The van der Waals surface area contributed by atoms with E-state index in [2.05, 4.69) is 15.2 Å². The van der Waals surface area contributed by atoms with E-state index in [1.807, 2.05) is 0 Å². The number of H-pyrrole nitrogens is 1. The second-order valence-corrected chi connectivity index (χ2v) is 3.26. The molecule has 0 unspecified atom stereocenters. The van der Waals surface area contributed by atoms with Crippen molar-refractivity contribution in [3.05, 3.63) is 0 Å². The maximum absolute atomic E-state index is 11.4. The number of likely N-dealkylation sites (N-methyl/N-ethyl adjacent to an activating group) is 1. The fourth-order valence-corrected chi connectivity index (χ4v) is 1.34. The molecule has 0 atom stereocenters. The van der Waals surface area contributed by atoms with Gasteiger partial charge in [-0.15, -0.1) is 5.10 Å². The molecule has 2 rings (SSSR count). The zero-order chi connectivity index (χ0) is 10.1. The summed E-state index contributed by atoms with van der Waals surface area (Å²) in [6.07, 6.45) is 0. The SMILES string of the molecule is CN1CCN(c2n[nH]c(N)n2)CC1=O. The molecule has 14 heavy (non-hydrogen) atoms. The van der Waals surface area contributed by atoms with Gasteiger partial charge in [0.2, 0.25) is 17.8 Å². The third kappa shape index (κ3) is 1.48. The predicted octanol–water partition coefficient (Wildman–Crippen LogP) is -1.33. The number of carbonyl (C=O) groups excluding carboxylic acids is 1. The highest BCUT2D eigenvalue weighted by atomic mass is 16.2. The largest absolute Gasteiger partial charge is 0.368 e. The van der Waals surface area contributed by atoms with Crippen LogP contribution in [-0.4, -0.2) is 52.7 Å². The van der Waals surface area contributed by atoms with Gasteiger partial charge in [0, 0.05) is 20.1 Å². The molecule has 0 aliphatic carbocycles. The Labute approximate surface area is 80.9 Å². The second-order valence-electron chi connectivity index (χ2n) is 3.26. The third-order valence-corrected chi connectivity index (χ3v) is 2.23. The number of nitrogens with one attached hydrogen (secondary N) is 1. The first-order valence-electron chi connectivity index (χ1n) is 4.33. The molecule has 0 saturated carbocycles. The van der Waals surface area contributed by atoms with Gasteiger partial charge < -0.3 is 15.5 Å². The van der Waals surface area contributed by atoms with E-state index in [0.717, 1.165) is 6.54 Å². The Morgan fingerprint density at radius 3 is 2.86 bits per heavy atom. The molecule has 0 radical (unpaired) electrons. The third-order valence-electron chi connectivity index (χ3n) is 2.23. The molecule has 0 aromatic carbocycles. The van der Waals surface area contributed by atoms with Crippen LogP contribution in [0.2, 0.25) is 0 Å². The van der Waals surface area contributed by atoms with Gasteiger partial charge in [0.25, 0.3) is 0 Å². The second kappa shape index (κ2) is 3.17. The first-order valence-corrected chi connectivity index (χ1v) is 4.33. The number of piperazine rings is 1. The normalized spacial score (nSPS) is 17.6. The number of amides is 1. The number of carbonyl (C=O) groups is 1. The van der Waals surface area contributed by atoms with E-state index >= 15 is 0 Å². The van der Waals surface area contributed by atoms with E-state index in [1.54, 1.807) is 16.8 Å². The summed E-state index contributed by atoms with van der Waals surface area (Å²) in [5, 5.41) is 6.44. The van der Waals surface area contributed by atoms with Gasteiger partial charge >= 0.3 is 0 Å². The lowest BCUT2D eigenvalue weighted by atomic mass is 10.3. The monoisotopic (exact) mass is 196 g/mol. The molecule has 0 bridgehead atoms. The van der Waals surface area contributed by atoms with Crippen LogP contribution in [0, 0.1) is 0 Å². The molecular formula is C7H12N6O. The van der Waals surface area contributed by atoms with Gasteiger partial charge in [-0.2, -0.15) is 4.98 Å². The zero-order valence-corrected chi connectivity index (χ0v) is 7.90. The van der Waals surface area contributed by atoms with Crippen molar-refractivity contribution in [1.82, 2.24) is 20.1 Å². The maximum atomic E-state index is 11.4. The Bertz CT molecular complexity index is 348. The van der Waals surface area contributed by atoms with Crippen molar-refractivity contribution in [2.45, 2.75) is 0 Å². The summed E-state index contributed by atoms with van der Waals surface area (Å²) in [6, 6.07) is 0. The molecule has 1 saturated heterocycles. The van der Waals surface area contributed by atoms with Crippen LogP contribution in [0.3, 0.4) is 0 Å².